The minimum atomic E-state index is -0.654. The second-order valence-electron chi connectivity index (χ2n) is 11.8. The van der Waals surface area contributed by atoms with Crippen LogP contribution in [-0.4, -0.2) is 67.4 Å². The van der Waals surface area contributed by atoms with Crippen LogP contribution in [0.2, 0.25) is 0 Å². The molecule has 1 saturated heterocycles. The number of aliphatic hydroxyl groups excluding tert-OH is 1. The van der Waals surface area contributed by atoms with Gasteiger partial charge in [0.2, 0.25) is 0 Å². The third-order valence-electron chi connectivity index (χ3n) is 7.53. The summed E-state index contributed by atoms with van der Waals surface area (Å²) in [6.45, 7) is 8.93. The lowest BCUT2D eigenvalue weighted by atomic mass is 9.87. The van der Waals surface area contributed by atoms with E-state index in [4.69, 9.17) is 10.5 Å². The number of nitrogens with two attached hydrogens (primary N) is 1. The number of aromatic nitrogens is 4. The monoisotopic (exact) mass is 572 g/mol. The van der Waals surface area contributed by atoms with Crippen LogP contribution < -0.4 is 16.4 Å². The number of nitrogens with zero attached hydrogens (tertiary/aromatic N) is 5. The second kappa shape index (κ2) is 12.8. The molecule has 2 aromatic heterocycles. The Kier molecular flexibility index (Phi) is 9.00. The molecule has 2 unspecified atom stereocenters. The van der Waals surface area contributed by atoms with Gasteiger partial charge >= 0.3 is 6.03 Å². The first-order valence-electron chi connectivity index (χ1n) is 14.4. The van der Waals surface area contributed by atoms with Crippen LogP contribution in [0.5, 0.6) is 0 Å². The first-order valence-corrected chi connectivity index (χ1v) is 14.4. The van der Waals surface area contributed by atoms with Gasteiger partial charge in [0, 0.05) is 38.3 Å². The lowest BCUT2D eigenvalue weighted by molar-refractivity contribution is -0.0346. The predicted molar refractivity (Wildman–Crippen MR) is 163 cm³/mol. The number of benzene rings is 2. The quantitative estimate of drug-likeness (QED) is 0.208. The fraction of sp³-hybridized carbons (Fsp3) is 0.419. The maximum atomic E-state index is 12.5. The van der Waals surface area contributed by atoms with Crippen molar-refractivity contribution in [1.29, 1.82) is 0 Å². The van der Waals surface area contributed by atoms with E-state index < -0.39 is 18.4 Å². The topological polar surface area (TPSA) is 143 Å². The van der Waals surface area contributed by atoms with Gasteiger partial charge in [-0.1, -0.05) is 63.2 Å². The Morgan fingerprint density at radius 3 is 2.62 bits per heavy atom. The van der Waals surface area contributed by atoms with Crippen LogP contribution in [-0.2, 0) is 16.7 Å². The van der Waals surface area contributed by atoms with Crippen molar-refractivity contribution in [1.82, 2.24) is 29.7 Å². The van der Waals surface area contributed by atoms with Gasteiger partial charge in [0.25, 0.3) is 0 Å². The number of urea groups is 1. The van der Waals surface area contributed by atoms with E-state index in [2.05, 4.69) is 63.4 Å². The zero-order chi connectivity index (χ0) is 29.7. The van der Waals surface area contributed by atoms with Gasteiger partial charge in [-0.15, -0.1) is 0 Å². The molecule has 1 fully saturated rings. The number of ether oxygens (including phenoxy) is 1. The van der Waals surface area contributed by atoms with Crippen LogP contribution in [0.25, 0.3) is 11.2 Å². The predicted octanol–water partition coefficient (Wildman–Crippen LogP) is 4.07. The SMILES string of the molecule is CC(C)(C)c1ccc(NC(=O)NCCCN(Cc2ccccc2)CC2OC(n3cnc4c(N)ncnc43)C[C@@H]2O)cc1. The third-order valence-corrected chi connectivity index (χ3v) is 7.53. The van der Waals surface area contributed by atoms with Gasteiger partial charge in [-0.05, 0) is 35.1 Å². The van der Waals surface area contributed by atoms with E-state index in [0.717, 1.165) is 12.1 Å². The van der Waals surface area contributed by atoms with Crippen molar-refractivity contribution >= 4 is 28.7 Å². The number of amides is 2. The summed E-state index contributed by atoms with van der Waals surface area (Å²) in [5.41, 5.74) is 10.2. The molecule has 3 heterocycles. The minimum Gasteiger partial charge on any atom is -0.390 e. The molecule has 0 saturated carbocycles. The molecule has 0 radical (unpaired) electrons. The first-order chi connectivity index (χ1) is 20.2. The summed E-state index contributed by atoms with van der Waals surface area (Å²) in [7, 11) is 0. The van der Waals surface area contributed by atoms with E-state index in [1.54, 1.807) is 10.9 Å². The van der Waals surface area contributed by atoms with E-state index >= 15 is 0 Å². The standard InChI is InChI=1S/C31H40N8O3/c1-31(2,3)22-10-12-23(13-11-22)37-30(41)33-14-7-15-38(17-21-8-5-4-6-9-21)18-25-24(40)16-26(42-25)39-20-36-27-28(32)34-19-35-29(27)39/h4-6,8-13,19-20,24-26,40H,7,14-18H2,1-3H3,(H2,32,34,35)(H2,33,37,41)/t24-,25?,26?/m0/s1. The molecule has 222 valence electrons. The number of nitrogens with one attached hydrogen (secondary N) is 2. The minimum absolute atomic E-state index is 0.0598. The Labute approximate surface area is 246 Å². The second-order valence-corrected chi connectivity index (χ2v) is 11.8. The summed E-state index contributed by atoms with van der Waals surface area (Å²) in [4.78, 5) is 27.4. The molecule has 4 aromatic rings. The van der Waals surface area contributed by atoms with E-state index in [1.165, 1.54) is 17.5 Å². The molecule has 0 aliphatic carbocycles. The van der Waals surface area contributed by atoms with Crippen molar-refractivity contribution in [3.63, 3.8) is 0 Å². The van der Waals surface area contributed by atoms with Gasteiger partial charge in [-0.3, -0.25) is 9.47 Å². The number of nitrogen functional groups attached to an aromatic ring is 1. The van der Waals surface area contributed by atoms with Gasteiger partial charge in [0.15, 0.2) is 11.5 Å². The average Bonchev–Trinajstić information content (AvgIpc) is 3.55. The zero-order valence-corrected chi connectivity index (χ0v) is 24.4. The normalized spacial score (nSPS) is 18.9. The van der Waals surface area contributed by atoms with Crippen molar-refractivity contribution in [2.75, 3.05) is 30.7 Å². The van der Waals surface area contributed by atoms with Gasteiger partial charge < -0.3 is 26.2 Å². The van der Waals surface area contributed by atoms with Crippen LogP contribution in [0.4, 0.5) is 16.3 Å². The van der Waals surface area contributed by atoms with E-state index in [9.17, 15) is 9.90 Å². The Morgan fingerprint density at radius 2 is 1.88 bits per heavy atom. The van der Waals surface area contributed by atoms with Crippen molar-refractivity contribution in [3.05, 3.63) is 78.4 Å². The van der Waals surface area contributed by atoms with Gasteiger partial charge in [0.1, 0.15) is 18.1 Å². The molecule has 2 amide bonds. The number of rotatable bonds is 10. The number of carbonyl (C=O) groups is 1. The van der Waals surface area contributed by atoms with Gasteiger partial charge in [0.05, 0.1) is 18.5 Å². The molecule has 2 aromatic carbocycles. The maximum absolute atomic E-state index is 12.5. The van der Waals surface area contributed by atoms with Crippen LogP contribution in [0.1, 0.15) is 51.0 Å². The van der Waals surface area contributed by atoms with Crippen molar-refractivity contribution in [2.24, 2.45) is 0 Å². The maximum Gasteiger partial charge on any atom is 0.319 e. The number of imidazole rings is 1. The van der Waals surface area contributed by atoms with Crippen LogP contribution in [0.15, 0.2) is 67.3 Å². The Bertz CT molecular complexity index is 1470. The first kappa shape index (κ1) is 29.4. The summed E-state index contributed by atoms with van der Waals surface area (Å²) in [5.74, 6) is 0.309. The lowest BCUT2D eigenvalue weighted by Gasteiger charge is -2.27. The molecular formula is C31H40N8O3. The van der Waals surface area contributed by atoms with Crippen LogP contribution in [0, 0.1) is 0 Å². The highest BCUT2D eigenvalue weighted by atomic mass is 16.5. The molecule has 1 aliphatic rings. The number of fused-ring (bicyclic) bond motifs is 1. The zero-order valence-electron chi connectivity index (χ0n) is 24.4. The Morgan fingerprint density at radius 1 is 1.12 bits per heavy atom. The highest BCUT2D eigenvalue weighted by Gasteiger charge is 2.36. The van der Waals surface area contributed by atoms with Crippen LogP contribution in [0.3, 0.4) is 0 Å². The summed E-state index contributed by atoms with van der Waals surface area (Å²) in [6, 6.07) is 17.9. The van der Waals surface area contributed by atoms with Gasteiger partial charge in [-0.2, -0.15) is 0 Å². The smallest absolute Gasteiger partial charge is 0.319 e. The number of hydrogen-bond donors (Lipinski definition) is 4. The molecule has 42 heavy (non-hydrogen) atoms. The molecule has 1 aliphatic heterocycles. The third kappa shape index (κ3) is 7.22. The summed E-state index contributed by atoms with van der Waals surface area (Å²) in [6.07, 6.45) is 2.71. The molecule has 5 rings (SSSR count). The average molecular weight is 573 g/mol. The summed E-state index contributed by atoms with van der Waals surface area (Å²) >= 11 is 0. The highest BCUT2D eigenvalue weighted by Crippen LogP contribution is 2.32. The van der Waals surface area contributed by atoms with Crippen molar-refractivity contribution in [2.45, 2.75) is 64.0 Å². The van der Waals surface area contributed by atoms with E-state index in [-0.39, 0.29) is 11.4 Å². The molecule has 5 N–H and O–H groups in total. The highest BCUT2D eigenvalue weighted by molar-refractivity contribution is 5.89. The number of carbonyl (C=O) groups excluding carboxylic acids is 1. The fourth-order valence-corrected chi connectivity index (χ4v) is 5.20. The Hall–Kier alpha value is -4.06. The lowest BCUT2D eigenvalue weighted by Crippen LogP contribution is -2.39. The molecule has 11 nitrogen and oxygen atoms in total. The summed E-state index contributed by atoms with van der Waals surface area (Å²) in [5, 5.41) is 16.8. The molecular weight excluding hydrogens is 532 g/mol. The molecule has 0 bridgehead atoms. The summed E-state index contributed by atoms with van der Waals surface area (Å²) < 4.78 is 8.13. The van der Waals surface area contributed by atoms with Gasteiger partial charge in [-0.25, -0.2) is 19.7 Å². The largest absolute Gasteiger partial charge is 0.390 e. The molecule has 0 spiro atoms. The Balaban J connectivity index is 1.16. The van der Waals surface area contributed by atoms with Crippen LogP contribution >= 0.6 is 0 Å². The van der Waals surface area contributed by atoms with E-state index in [0.29, 0.717) is 49.6 Å². The molecule has 3 atom stereocenters. The molecule has 11 heteroatoms. The fourth-order valence-electron chi connectivity index (χ4n) is 5.20. The number of hydrogen-bond acceptors (Lipinski definition) is 8. The number of anilines is 2. The van der Waals surface area contributed by atoms with E-state index in [1.807, 2.05) is 42.5 Å². The number of aliphatic hydroxyl groups is 1. The van der Waals surface area contributed by atoms with Crippen molar-refractivity contribution < 1.29 is 14.6 Å². The van der Waals surface area contributed by atoms with Crippen molar-refractivity contribution in [3.8, 4) is 0 Å².